The van der Waals surface area contributed by atoms with E-state index in [4.69, 9.17) is 14.2 Å². The van der Waals surface area contributed by atoms with Crippen molar-refractivity contribution in [3.8, 4) is 5.75 Å². The van der Waals surface area contributed by atoms with Crippen molar-refractivity contribution >= 4 is 21.9 Å². The summed E-state index contributed by atoms with van der Waals surface area (Å²) in [7, 11) is 1.67. The molecule has 2 bridgehead atoms. The summed E-state index contributed by atoms with van der Waals surface area (Å²) in [6, 6.07) is 8.11. The Morgan fingerprint density at radius 2 is 2.03 bits per heavy atom. The molecule has 1 aromatic carbocycles. The number of carbonyl (C=O) groups is 1. The summed E-state index contributed by atoms with van der Waals surface area (Å²) < 4.78 is 20.0. The summed E-state index contributed by atoms with van der Waals surface area (Å²) in [4.78, 5) is 12.8. The molecule has 1 saturated heterocycles. The molecule has 0 radical (unpaired) electrons. The van der Waals surface area contributed by atoms with E-state index in [-0.39, 0.29) is 29.3 Å². The number of aromatic nitrogens is 2. The van der Waals surface area contributed by atoms with Crippen molar-refractivity contribution in [2.24, 2.45) is 23.2 Å². The largest absolute Gasteiger partial charge is 0.497 e. The van der Waals surface area contributed by atoms with Crippen LogP contribution in [0.25, 0.3) is 0 Å². The Kier molecular flexibility index (Phi) is 6.50. The number of fused-ring (bicyclic) bond motifs is 2. The molecule has 5 atom stereocenters. The van der Waals surface area contributed by atoms with Crippen LogP contribution >= 0.6 is 15.9 Å². The molecule has 0 saturated carbocycles. The molecule has 4 rings (SSSR count). The lowest BCUT2D eigenvalue weighted by Crippen LogP contribution is -2.54. The fourth-order valence-electron chi connectivity index (χ4n) is 5.32. The summed E-state index contributed by atoms with van der Waals surface area (Å²) in [5, 5.41) is 4.33. The number of esters is 1. The molecule has 32 heavy (non-hydrogen) atoms. The SMILES string of the molecule is CCn1cc(Br)c(C(=O)OC[C@]23CO[C@@H](c4ccc(OC)cc4)[C@@H](C(C)=C[C@H]2C)[C@@H]3C)n1. The van der Waals surface area contributed by atoms with Crippen LogP contribution in [0, 0.1) is 23.2 Å². The maximum absolute atomic E-state index is 12.8. The summed E-state index contributed by atoms with van der Waals surface area (Å²) in [6.07, 6.45) is 4.10. The van der Waals surface area contributed by atoms with Crippen LogP contribution < -0.4 is 4.74 Å². The molecule has 2 aromatic rings. The second-order valence-electron chi connectivity index (χ2n) is 9.01. The van der Waals surface area contributed by atoms with Gasteiger partial charge in [0, 0.05) is 24.1 Å². The van der Waals surface area contributed by atoms with Gasteiger partial charge >= 0.3 is 5.97 Å². The fraction of sp³-hybridized carbons (Fsp3) is 0.520. The third-order valence-corrected chi connectivity index (χ3v) is 7.98. The summed E-state index contributed by atoms with van der Waals surface area (Å²) in [6.45, 7) is 10.2. The Labute approximate surface area is 198 Å². The van der Waals surface area contributed by atoms with E-state index in [9.17, 15) is 4.79 Å². The van der Waals surface area contributed by atoms with Gasteiger partial charge in [0.05, 0.1) is 24.3 Å². The van der Waals surface area contributed by atoms with E-state index in [0.29, 0.717) is 29.9 Å². The fourth-order valence-corrected chi connectivity index (χ4v) is 5.80. The minimum Gasteiger partial charge on any atom is -0.497 e. The predicted molar refractivity (Wildman–Crippen MR) is 126 cm³/mol. The van der Waals surface area contributed by atoms with Gasteiger partial charge in [-0.2, -0.15) is 5.10 Å². The van der Waals surface area contributed by atoms with Gasteiger partial charge < -0.3 is 14.2 Å². The van der Waals surface area contributed by atoms with Crippen molar-refractivity contribution in [1.82, 2.24) is 9.78 Å². The zero-order chi connectivity index (χ0) is 23.0. The van der Waals surface area contributed by atoms with Crippen LogP contribution in [0.3, 0.4) is 0 Å². The summed E-state index contributed by atoms with van der Waals surface area (Å²) in [5.41, 5.74) is 2.51. The first-order chi connectivity index (χ1) is 15.3. The van der Waals surface area contributed by atoms with Crippen molar-refractivity contribution in [3.05, 3.63) is 57.8 Å². The number of hydrogen-bond acceptors (Lipinski definition) is 5. The molecule has 0 unspecified atom stereocenters. The molecule has 1 aliphatic heterocycles. The average Bonchev–Trinajstić information content (AvgIpc) is 3.17. The van der Waals surface area contributed by atoms with Crippen molar-refractivity contribution < 1.29 is 19.0 Å². The number of allylic oxidation sites excluding steroid dienone is 1. The van der Waals surface area contributed by atoms with Gasteiger partial charge in [0.1, 0.15) is 12.4 Å². The zero-order valence-electron chi connectivity index (χ0n) is 19.3. The molecular formula is C25H31BrN2O4. The number of hydrogen-bond donors (Lipinski definition) is 0. The van der Waals surface area contributed by atoms with Crippen LogP contribution in [0.5, 0.6) is 5.75 Å². The molecule has 6 nitrogen and oxygen atoms in total. The van der Waals surface area contributed by atoms with Gasteiger partial charge in [-0.15, -0.1) is 0 Å². The Hall–Kier alpha value is -2.12. The molecule has 7 heteroatoms. The minimum atomic E-state index is -0.405. The second-order valence-corrected chi connectivity index (χ2v) is 9.86. The van der Waals surface area contributed by atoms with Gasteiger partial charge in [-0.25, -0.2) is 4.79 Å². The first kappa shape index (κ1) is 23.1. The summed E-state index contributed by atoms with van der Waals surface area (Å²) >= 11 is 3.42. The second kappa shape index (κ2) is 9.02. The van der Waals surface area contributed by atoms with E-state index in [1.165, 1.54) is 5.57 Å². The highest BCUT2D eigenvalue weighted by Gasteiger charge is 2.54. The number of benzene rings is 1. The normalized spacial score (nSPS) is 29.4. The zero-order valence-corrected chi connectivity index (χ0v) is 20.9. The highest BCUT2D eigenvalue weighted by Crippen LogP contribution is 2.56. The van der Waals surface area contributed by atoms with Gasteiger partial charge in [-0.05, 0) is 59.3 Å². The van der Waals surface area contributed by atoms with E-state index < -0.39 is 5.97 Å². The monoisotopic (exact) mass is 502 g/mol. The number of rotatable bonds is 6. The van der Waals surface area contributed by atoms with E-state index in [1.807, 2.05) is 19.1 Å². The lowest BCUT2D eigenvalue weighted by atomic mass is 9.56. The first-order valence-corrected chi connectivity index (χ1v) is 11.9. The van der Waals surface area contributed by atoms with Crippen LogP contribution in [-0.4, -0.2) is 36.1 Å². The smallest absolute Gasteiger partial charge is 0.360 e. The number of aryl methyl sites for hydroxylation is 1. The molecular weight excluding hydrogens is 472 g/mol. The van der Waals surface area contributed by atoms with Crippen LogP contribution in [0.1, 0.15) is 49.9 Å². The van der Waals surface area contributed by atoms with E-state index in [2.05, 4.69) is 60.0 Å². The Balaban J connectivity index is 1.56. The molecule has 1 fully saturated rings. The van der Waals surface area contributed by atoms with Gasteiger partial charge in [-0.3, -0.25) is 4.68 Å². The molecule has 0 spiro atoms. The quantitative estimate of drug-likeness (QED) is 0.388. The van der Waals surface area contributed by atoms with Crippen molar-refractivity contribution in [2.75, 3.05) is 20.3 Å². The van der Waals surface area contributed by atoms with Gasteiger partial charge in [0.15, 0.2) is 5.69 Å². The predicted octanol–water partition coefficient (Wildman–Crippen LogP) is 5.44. The number of carbonyl (C=O) groups excluding carboxylic acids is 1. The number of halogens is 1. The molecule has 1 aromatic heterocycles. The highest BCUT2D eigenvalue weighted by molar-refractivity contribution is 9.10. The van der Waals surface area contributed by atoms with E-state index in [0.717, 1.165) is 11.3 Å². The van der Waals surface area contributed by atoms with Crippen molar-refractivity contribution in [2.45, 2.75) is 40.3 Å². The summed E-state index contributed by atoms with van der Waals surface area (Å²) in [5.74, 6) is 1.17. The number of nitrogens with zero attached hydrogens (tertiary/aromatic N) is 2. The Morgan fingerprint density at radius 3 is 2.66 bits per heavy atom. The third kappa shape index (κ3) is 3.90. The number of ether oxygens (including phenoxy) is 3. The molecule has 2 aliphatic rings. The van der Waals surface area contributed by atoms with Crippen LogP contribution in [0.4, 0.5) is 0 Å². The lowest BCUT2D eigenvalue weighted by molar-refractivity contribution is -0.166. The van der Waals surface area contributed by atoms with Gasteiger partial charge in [0.2, 0.25) is 0 Å². The highest BCUT2D eigenvalue weighted by atomic mass is 79.9. The molecule has 0 amide bonds. The maximum atomic E-state index is 12.8. The van der Waals surface area contributed by atoms with Crippen LogP contribution in [-0.2, 0) is 16.0 Å². The molecule has 0 N–H and O–H groups in total. The van der Waals surface area contributed by atoms with Crippen molar-refractivity contribution in [1.29, 1.82) is 0 Å². The van der Waals surface area contributed by atoms with Crippen LogP contribution in [0.15, 0.2) is 46.6 Å². The van der Waals surface area contributed by atoms with Gasteiger partial charge in [0.25, 0.3) is 0 Å². The van der Waals surface area contributed by atoms with E-state index in [1.54, 1.807) is 18.0 Å². The first-order valence-electron chi connectivity index (χ1n) is 11.1. The molecule has 2 heterocycles. The molecule has 172 valence electrons. The van der Waals surface area contributed by atoms with Gasteiger partial charge in [-0.1, -0.05) is 37.6 Å². The number of methoxy groups -OCH3 is 1. The average molecular weight is 503 g/mol. The van der Waals surface area contributed by atoms with E-state index >= 15 is 0 Å². The van der Waals surface area contributed by atoms with Crippen molar-refractivity contribution in [3.63, 3.8) is 0 Å². The Bertz CT molecular complexity index is 1020. The molecule has 1 aliphatic carbocycles. The van der Waals surface area contributed by atoms with Crippen LogP contribution in [0.2, 0.25) is 0 Å². The lowest BCUT2D eigenvalue weighted by Gasteiger charge is -2.55. The Morgan fingerprint density at radius 1 is 1.31 bits per heavy atom. The maximum Gasteiger partial charge on any atom is 0.360 e. The standard InChI is InChI=1S/C25H31BrN2O4/c1-6-28-12-20(26)22(27-28)24(29)32-14-25-13-31-23(18-7-9-19(30-5)10-8-18)21(17(25)4)15(2)11-16(25)3/h7-12,16-17,21,23H,6,13-14H2,1-5H3/t16-,17+,21+,23+,25-/m1/s1. The third-order valence-electron chi connectivity index (χ3n) is 7.40. The topological polar surface area (TPSA) is 62.6 Å². The minimum absolute atomic E-state index is 0.0297.